The summed E-state index contributed by atoms with van der Waals surface area (Å²) in [6.07, 6.45) is 5.01. The topological polar surface area (TPSA) is 105 Å². The van der Waals surface area contributed by atoms with Crippen molar-refractivity contribution in [2.45, 2.75) is 58.2 Å². The molecule has 0 saturated heterocycles. The van der Waals surface area contributed by atoms with E-state index >= 15 is 0 Å². The van der Waals surface area contributed by atoms with Crippen molar-refractivity contribution in [3.05, 3.63) is 53.6 Å². The zero-order chi connectivity index (χ0) is 27.2. The van der Waals surface area contributed by atoms with Gasteiger partial charge in [0.2, 0.25) is 21.8 Å². The molecule has 0 bridgehead atoms. The van der Waals surface area contributed by atoms with Crippen LogP contribution in [0.5, 0.6) is 11.5 Å². The summed E-state index contributed by atoms with van der Waals surface area (Å²) in [4.78, 5) is 28.3. The number of sulfonamides is 1. The van der Waals surface area contributed by atoms with Gasteiger partial charge >= 0.3 is 0 Å². The maximum Gasteiger partial charge on any atom is 0.244 e. The third-order valence-electron chi connectivity index (χ3n) is 6.66. The fourth-order valence-electron chi connectivity index (χ4n) is 4.49. The number of nitrogens with one attached hydrogen (secondary N) is 1. The number of ether oxygens (including phenoxy) is 2. The van der Waals surface area contributed by atoms with E-state index in [1.165, 1.54) is 12.0 Å². The minimum Gasteiger partial charge on any atom is -0.497 e. The molecule has 2 aromatic carbocycles. The average Bonchev–Trinajstić information content (AvgIpc) is 3.38. The molecule has 0 unspecified atom stereocenters. The van der Waals surface area contributed by atoms with Gasteiger partial charge in [0.05, 0.1) is 26.2 Å². The van der Waals surface area contributed by atoms with E-state index in [-0.39, 0.29) is 24.2 Å². The Hall–Kier alpha value is -3.27. The van der Waals surface area contributed by atoms with Crippen molar-refractivity contribution in [1.29, 1.82) is 0 Å². The second kappa shape index (κ2) is 12.3. The van der Waals surface area contributed by atoms with Gasteiger partial charge in [-0.15, -0.1) is 0 Å². The highest BCUT2D eigenvalue weighted by Gasteiger charge is 2.32. The summed E-state index contributed by atoms with van der Waals surface area (Å²) in [6, 6.07) is 11.6. The molecular formula is C27H37N3O6S. The highest BCUT2D eigenvalue weighted by Crippen LogP contribution is 2.31. The van der Waals surface area contributed by atoms with Crippen molar-refractivity contribution in [3.8, 4) is 11.5 Å². The Balaban J connectivity index is 1.92. The predicted molar refractivity (Wildman–Crippen MR) is 143 cm³/mol. The second-order valence-electron chi connectivity index (χ2n) is 9.48. The summed E-state index contributed by atoms with van der Waals surface area (Å²) in [5.74, 6) is 0.243. The van der Waals surface area contributed by atoms with Crippen LogP contribution in [0.1, 0.15) is 43.7 Å². The van der Waals surface area contributed by atoms with Crippen LogP contribution in [0.2, 0.25) is 0 Å². The van der Waals surface area contributed by atoms with Gasteiger partial charge in [0.1, 0.15) is 24.1 Å². The van der Waals surface area contributed by atoms with Gasteiger partial charge in [-0.3, -0.25) is 13.9 Å². The largest absolute Gasteiger partial charge is 0.497 e. The number of rotatable bonds is 11. The van der Waals surface area contributed by atoms with Gasteiger partial charge in [-0.25, -0.2) is 8.42 Å². The van der Waals surface area contributed by atoms with Crippen LogP contribution in [0.25, 0.3) is 0 Å². The highest BCUT2D eigenvalue weighted by molar-refractivity contribution is 7.92. The van der Waals surface area contributed by atoms with Gasteiger partial charge in [0, 0.05) is 12.6 Å². The zero-order valence-electron chi connectivity index (χ0n) is 22.2. The molecule has 2 aromatic rings. The lowest BCUT2D eigenvalue weighted by molar-refractivity contribution is -0.139. The van der Waals surface area contributed by atoms with E-state index in [2.05, 4.69) is 5.32 Å². The van der Waals surface area contributed by atoms with Crippen molar-refractivity contribution in [1.82, 2.24) is 10.2 Å². The molecule has 0 aromatic heterocycles. The van der Waals surface area contributed by atoms with Crippen molar-refractivity contribution in [3.63, 3.8) is 0 Å². The molecule has 1 fully saturated rings. The van der Waals surface area contributed by atoms with Crippen LogP contribution in [0, 0.1) is 6.92 Å². The smallest absolute Gasteiger partial charge is 0.244 e. The lowest BCUT2D eigenvalue weighted by Gasteiger charge is -2.32. The van der Waals surface area contributed by atoms with E-state index in [0.717, 1.165) is 47.4 Å². The van der Waals surface area contributed by atoms with E-state index in [1.807, 2.05) is 19.1 Å². The summed E-state index contributed by atoms with van der Waals surface area (Å²) >= 11 is 0. The number of nitrogens with zero attached hydrogens (tertiary/aromatic N) is 2. The molecule has 37 heavy (non-hydrogen) atoms. The van der Waals surface area contributed by atoms with Gasteiger partial charge in [0.15, 0.2) is 0 Å². The third-order valence-corrected chi connectivity index (χ3v) is 7.79. The summed E-state index contributed by atoms with van der Waals surface area (Å²) in [5.41, 5.74) is 1.87. The molecule has 202 valence electrons. The Bertz CT molecular complexity index is 1190. The number of carbonyl (C=O) groups excluding carboxylic acids is 2. The second-order valence-corrected chi connectivity index (χ2v) is 11.4. The first-order chi connectivity index (χ1) is 17.5. The Kier molecular flexibility index (Phi) is 9.42. The van der Waals surface area contributed by atoms with Crippen molar-refractivity contribution in [2.75, 3.05) is 31.3 Å². The Labute approximate surface area is 219 Å². The first-order valence-electron chi connectivity index (χ1n) is 12.4. The molecule has 2 amide bonds. The zero-order valence-corrected chi connectivity index (χ0v) is 23.0. The van der Waals surface area contributed by atoms with Gasteiger partial charge in [0.25, 0.3) is 0 Å². The first kappa shape index (κ1) is 28.3. The van der Waals surface area contributed by atoms with E-state index in [4.69, 9.17) is 9.47 Å². The number of benzene rings is 2. The number of methoxy groups -OCH3 is 2. The van der Waals surface area contributed by atoms with Gasteiger partial charge in [-0.05, 0) is 62.1 Å². The van der Waals surface area contributed by atoms with E-state index in [1.54, 1.807) is 44.4 Å². The number of aryl methyl sites for hydroxylation is 1. The standard InChI is InChI=1S/C27H37N3O6S/c1-19-10-15-25(36-4)24(16-19)30(37(5,33)34)18-26(31)29(17-21-11-13-23(35-3)14-12-21)20(2)27(32)28-22-8-6-7-9-22/h10-16,20,22H,6-9,17-18H2,1-5H3,(H,28,32)/t20-/m1/s1. The number of amides is 2. The minimum atomic E-state index is -3.85. The molecule has 1 atom stereocenters. The average molecular weight is 532 g/mol. The van der Waals surface area contributed by atoms with Crippen LogP contribution in [0.3, 0.4) is 0 Å². The number of carbonyl (C=O) groups is 2. The van der Waals surface area contributed by atoms with E-state index in [9.17, 15) is 18.0 Å². The Morgan fingerprint density at radius 2 is 1.70 bits per heavy atom. The summed E-state index contributed by atoms with van der Waals surface area (Å²) in [5, 5.41) is 3.05. The molecule has 10 heteroatoms. The molecule has 0 aliphatic heterocycles. The van der Waals surface area contributed by atoms with Crippen molar-refractivity contribution >= 4 is 27.5 Å². The summed E-state index contributed by atoms with van der Waals surface area (Å²) in [7, 11) is -0.838. The maximum atomic E-state index is 13.7. The molecule has 1 aliphatic carbocycles. The summed E-state index contributed by atoms with van der Waals surface area (Å²) in [6.45, 7) is 3.15. The molecular weight excluding hydrogens is 494 g/mol. The maximum absolute atomic E-state index is 13.7. The molecule has 1 saturated carbocycles. The minimum absolute atomic E-state index is 0.0944. The lowest BCUT2D eigenvalue weighted by atomic mass is 10.1. The van der Waals surface area contributed by atoms with Gasteiger partial charge in [-0.1, -0.05) is 31.0 Å². The number of hydrogen-bond acceptors (Lipinski definition) is 6. The number of hydrogen-bond donors (Lipinski definition) is 1. The molecule has 0 heterocycles. The molecule has 0 spiro atoms. The highest BCUT2D eigenvalue weighted by atomic mass is 32.2. The molecule has 1 aliphatic rings. The molecule has 1 N–H and O–H groups in total. The summed E-state index contributed by atoms with van der Waals surface area (Å²) < 4.78 is 37.3. The fourth-order valence-corrected chi connectivity index (χ4v) is 5.34. The van der Waals surface area contributed by atoms with Crippen LogP contribution in [-0.4, -0.2) is 64.2 Å². The fraction of sp³-hybridized carbons (Fsp3) is 0.481. The molecule has 3 rings (SSSR count). The SMILES string of the molecule is COc1ccc(CN(C(=O)CN(c2cc(C)ccc2OC)S(C)(=O)=O)[C@H](C)C(=O)NC2CCCC2)cc1. The van der Waals surface area contributed by atoms with Crippen molar-refractivity contribution < 1.29 is 27.5 Å². The Morgan fingerprint density at radius 1 is 1.05 bits per heavy atom. The van der Waals surface area contributed by atoms with Crippen LogP contribution in [-0.2, 0) is 26.2 Å². The third kappa shape index (κ3) is 7.38. The number of anilines is 1. The first-order valence-corrected chi connectivity index (χ1v) is 14.2. The Morgan fingerprint density at radius 3 is 2.27 bits per heavy atom. The molecule has 9 nitrogen and oxygen atoms in total. The lowest BCUT2D eigenvalue weighted by Crippen LogP contribution is -2.52. The molecule has 0 radical (unpaired) electrons. The quantitative estimate of drug-likeness (QED) is 0.477. The van der Waals surface area contributed by atoms with Crippen LogP contribution in [0.15, 0.2) is 42.5 Å². The van der Waals surface area contributed by atoms with E-state index < -0.39 is 28.5 Å². The van der Waals surface area contributed by atoms with Crippen molar-refractivity contribution in [2.24, 2.45) is 0 Å². The van der Waals surface area contributed by atoms with Gasteiger partial charge < -0.3 is 19.7 Å². The monoisotopic (exact) mass is 531 g/mol. The van der Waals surface area contributed by atoms with Crippen LogP contribution < -0.4 is 19.1 Å². The van der Waals surface area contributed by atoms with Crippen LogP contribution in [0.4, 0.5) is 5.69 Å². The predicted octanol–water partition coefficient (Wildman–Crippen LogP) is 3.25. The van der Waals surface area contributed by atoms with E-state index in [0.29, 0.717) is 11.5 Å². The van der Waals surface area contributed by atoms with Crippen LogP contribution >= 0.6 is 0 Å². The van der Waals surface area contributed by atoms with Gasteiger partial charge in [-0.2, -0.15) is 0 Å². The normalized spacial score (nSPS) is 14.6.